The highest BCUT2D eigenvalue weighted by Gasteiger charge is 2.13. The van der Waals surface area contributed by atoms with Crippen LogP contribution in [0.3, 0.4) is 0 Å². The highest BCUT2D eigenvalue weighted by Crippen LogP contribution is 2.23. The van der Waals surface area contributed by atoms with E-state index in [4.69, 9.17) is 11.5 Å². The maximum atomic E-state index is 11.5. The van der Waals surface area contributed by atoms with E-state index in [9.17, 15) is 4.79 Å². The lowest BCUT2D eigenvalue weighted by atomic mass is 10.1. The van der Waals surface area contributed by atoms with Crippen molar-refractivity contribution in [1.29, 1.82) is 0 Å². The van der Waals surface area contributed by atoms with E-state index in [0.717, 1.165) is 16.4 Å². The molecule has 5 nitrogen and oxygen atoms in total. The molecule has 19 heavy (non-hydrogen) atoms. The van der Waals surface area contributed by atoms with E-state index in [1.54, 1.807) is 29.5 Å². The van der Waals surface area contributed by atoms with Gasteiger partial charge in [0.1, 0.15) is 0 Å². The Bertz CT molecular complexity index is 608. The summed E-state index contributed by atoms with van der Waals surface area (Å²) in [5.74, 6) is -0.483. The Morgan fingerprint density at radius 2 is 2.21 bits per heavy atom. The Morgan fingerprint density at radius 3 is 2.79 bits per heavy atom. The third kappa shape index (κ3) is 3.03. The molecule has 0 spiro atoms. The predicted molar refractivity (Wildman–Crippen MR) is 78.3 cm³/mol. The van der Waals surface area contributed by atoms with E-state index in [0.29, 0.717) is 17.8 Å². The topological polar surface area (TPSA) is 85.2 Å². The first kappa shape index (κ1) is 13.4. The number of amides is 1. The van der Waals surface area contributed by atoms with Crippen molar-refractivity contribution < 1.29 is 4.79 Å². The van der Waals surface area contributed by atoms with Crippen molar-refractivity contribution in [3.63, 3.8) is 0 Å². The Morgan fingerprint density at radius 1 is 1.47 bits per heavy atom. The van der Waals surface area contributed by atoms with Gasteiger partial charge in [-0.05, 0) is 25.1 Å². The molecule has 0 aliphatic carbocycles. The Kier molecular flexibility index (Phi) is 3.71. The number of aromatic nitrogens is 1. The molecule has 0 saturated carbocycles. The smallest absolute Gasteiger partial charge is 0.250 e. The van der Waals surface area contributed by atoms with Gasteiger partial charge in [-0.1, -0.05) is 0 Å². The van der Waals surface area contributed by atoms with Gasteiger partial charge in [0, 0.05) is 23.8 Å². The molecular weight excluding hydrogens is 260 g/mol. The summed E-state index contributed by atoms with van der Waals surface area (Å²) in [5, 5.41) is 3.03. The maximum Gasteiger partial charge on any atom is 0.250 e. The standard InChI is InChI=1S/C13H16N4OS/c1-8-16-10(7-19-8)6-17(2)12-4-3-9(14)5-11(12)13(15)18/h3-5,7H,6,14H2,1-2H3,(H2,15,18). The van der Waals surface area contributed by atoms with E-state index in [1.807, 2.05) is 24.3 Å². The van der Waals surface area contributed by atoms with Crippen LogP contribution in [0.1, 0.15) is 21.1 Å². The number of carbonyl (C=O) groups excluding carboxylic acids is 1. The van der Waals surface area contributed by atoms with E-state index >= 15 is 0 Å². The van der Waals surface area contributed by atoms with Crippen molar-refractivity contribution in [2.24, 2.45) is 5.73 Å². The van der Waals surface area contributed by atoms with Crippen molar-refractivity contribution in [3.8, 4) is 0 Å². The number of benzene rings is 1. The van der Waals surface area contributed by atoms with Crippen LogP contribution in [0.15, 0.2) is 23.6 Å². The molecule has 0 saturated heterocycles. The minimum absolute atomic E-state index is 0.425. The molecular formula is C13H16N4OS. The highest BCUT2D eigenvalue weighted by molar-refractivity contribution is 7.09. The molecule has 4 N–H and O–H groups in total. The van der Waals surface area contributed by atoms with E-state index < -0.39 is 5.91 Å². The number of primary amides is 1. The Hall–Kier alpha value is -2.08. The summed E-state index contributed by atoms with van der Waals surface area (Å²) in [4.78, 5) is 17.8. The van der Waals surface area contributed by atoms with E-state index in [2.05, 4.69) is 4.98 Å². The Labute approximate surface area is 115 Å². The van der Waals surface area contributed by atoms with Gasteiger partial charge < -0.3 is 16.4 Å². The number of aryl methyl sites for hydroxylation is 1. The number of rotatable bonds is 4. The SMILES string of the molecule is Cc1nc(CN(C)c2ccc(N)cc2C(N)=O)cs1. The van der Waals surface area contributed by atoms with Crippen LogP contribution in [-0.2, 0) is 6.54 Å². The number of thiazole rings is 1. The summed E-state index contributed by atoms with van der Waals surface area (Å²) in [6, 6.07) is 5.15. The van der Waals surface area contributed by atoms with Gasteiger partial charge >= 0.3 is 0 Å². The second-order valence-electron chi connectivity index (χ2n) is 4.35. The first-order valence-electron chi connectivity index (χ1n) is 5.79. The molecule has 0 radical (unpaired) electrons. The predicted octanol–water partition coefficient (Wildman–Crippen LogP) is 1.77. The third-order valence-electron chi connectivity index (χ3n) is 2.76. The van der Waals surface area contributed by atoms with Crippen LogP contribution < -0.4 is 16.4 Å². The van der Waals surface area contributed by atoms with Gasteiger partial charge in [0.15, 0.2) is 0 Å². The van der Waals surface area contributed by atoms with Crippen LogP contribution in [0.5, 0.6) is 0 Å². The van der Waals surface area contributed by atoms with Gasteiger partial charge in [0.05, 0.1) is 22.8 Å². The van der Waals surface area contributed by atoms with Crippen molar-refractivity contribution in [2.75, 3.05) is 17.7 Å². The molecule has 6 heteroatoms. The first-order valence-corrected chi connectivity index (χ1v) is 6.67. The van der Waals surface area contributed by atoms with Gasteiger partial charge in [-0.3, -0.25) is 4.79 Å². The fourth-order valence-corrected chi connectivity index (χ4v) is 2.50. The number of hydrogen-bond donors (Lipinski definition) is 2. The molecule has 0 unspecified atom stereocenters. The lowest BCUT2D eigenvalue weighted by Gasteiger charge is -2.20. The molecule has 0 fully saturated rings. The first-order chi connectivity index (χ1) is 8.97. The molecule has 0 atom stereocenters. The molecule has 0 aliphatic heterocycles. The average Bonchev–Trinajstić information content (AvgIpc) is 2.74. The van der Waals surface area contributed by atoms with Crippen molar-refractivity contribution >= 4 is 28.6 Å². The zero-order valence-electron chi connectivity index (χ0n) is 10.9. The quantitative estimate of drug-likeness (QED) is 0.833. The van der Waals surface area contributed by atoms with Gasteiger partial charge in [-0.2, -0.15) is 0 Å². The van der Waals surface area contributed by atoms with Crippen LogP contribution in [0.25, 0.3) is 0 Å². The van der Waals surface area contributed by atoms with Gasteiger partial charge in [0.25, 0.3) is 5.91 Å². The highest BCUT2D eigenvalue weighted by atomic mass is 32.1. The largest absolute Gasteiger partial charge is 0.399 e. The number of anilines is 2. The van der Waals surface area contributed by atoms with Crippen molar-refractivity contribution in [3.05, 3.63) is 39.8 Å². The number of carbonyl (C=O) groups is 1. The molecule has 1 aromatic heterocycles. The van der Waals surface area contributed by atoms with Crippen LogP contribution in [0.2, 0.25) is 0 Å². The second kappa shape index (κ2) is 5.27. The Balaban J connectivity index is 2.28. The zero-order chi connectivity index (χ0) is 14.0. The summed E-state index contributed by atoms with van der Waals surface area (Å²) in [5.41, 5.74) is 13.7. The molecule has 1 amide bonds. The number of nitrogens with zero attached hydrogens (tertiary/aromatic N) is 2. The molecule has 2 aromatic rings. The number of nitrogen functional groups attached to an aromatic ring is 1. The van der Waals surface area contributed by atoms with Gasteiger partial charge in [0.2, 0.25) is 0 Å². The summed E-state index contributed by atoms with van der Waals surface area (Å²) in [6.45, 7) is 2.58. The number of hydrogen-bond acceptors (Lipinski definition) is 5. The van der Waals surface area contributed by atoms with Crippen LogP contribution in [0, 0.1) is 6.92 Å². The van der Waals surface area contributed by atoms with Crippen LogP contribution in [-0.4, -0.2) is 17.9 Å². The third-order valence-corrected chi connectivity index (χ3v) is 3.59. The lowest BCUT2D eigenvalue weighted by molar-refractivity contribution is 0.100. The molecule has 0 bridgehead atoms. The van der Waals surface area contributed by atoms with E-state index in [1.165, 1.54) is 0 Å². The fraction of sp³-hybridized carbons (Fsp3) is 0.231. The lowest BCUT2D eigenvalue weighted by Crippen LogP contribution is -2.22. The van der Waals surface area contributed by atoms with Gasteiger partial charge in [-0.15, -0.1) is 11.3 Å². The molecule has 1 heterocycles. The summed E-state index contributed by atoms with van der Waals surface area (Å²) in [6.07, 6.45) is 0. The zero-order valence-corrected chi connectivity index (χ0v) is 11.7. The minimum atomic E-state index is -0.483. The van der Waals surface area contributed by atoms with Crippen LogP contribution in [0.4, 0.5) is 11.4 Å². The van der Waals surface area contributed by atoms with Gasteiger partial charge in [-0.25, -0.2) is 4.98 Å². The summed E-state index contributed by atoms with van der Waals surface area (Å²) >= 11 is 1.61. The number of nitrogens with two attached hydrogens (primary N) is 2. The second-order valence-corrected chi connectivity index (χ2v) is 5.42. The summed E-state index contributed by atoms with van der Waals surface area (Å²) in [7, 11) is 1.90. The van der Waals surface area contributed by atoms with Crippen molar-refractivity contribution in [1.82, 2.24) is 4.98 Å². The molecule has 1 aromatic carbocycles. The molecule has 2 rings (SSSR count). The molecule has 100 valence electrons. The monoisotopic (exact) mass is 276 g/mol. The fourth-order valence-electron chi connectivity index (χ4n) is 1.89. The van der Waals surface area contributed by atoms with Crippen molar-refractivity contribution in [2.45, 2.75) is 13.5 Å². The van der Waals surface area contributed by atoms with E-state index in [-0.39, 0.29) is 0 Å². The minimum Gasteiger partial charge on any atom is -0.399 e. The van der Waals surface area contributed by atoms with Crippen LogP contribution >= 0.6 is 11.3 Å². The normalized spacial score (nSPS) is 10.4. The average molecular weight is 276 g/mol. The summed E-state index contributed by atoms with van der Waals surface area (Å²) < 4.78 is 0. The molecule has 0 aliphatic rings. The maximum absolute atomic E-state index is 11.5.